The van der Waals surface area contributed by atoms with Crippen molar-refractivity contribution in [3.8, 4) is 5.75 Å². The van der Waals surface area contributed by atoms with Gasteiger partial charge in [-0.1, -0.05) is 18.2 Å². The van der Waals surface area contributed by atoms with Crippen LogP contribution in [0.4, 0.5) is 4.39 Å². The van der Waals surface area contributed by atoms with Crippen LogP contribution < -0.4 is 4.74 Å². The lowest BCUT2D eigenvalue weighted by Gasteiger charge is -2.26. The van der Waals surface area contributed by atoms with E-state index in [2.05, 4.69) is 0 Å². The van der Waals surface area contributed by atoms with Crippen LogP contribution >= 0.6 is 0 Å². The maximum Gasteiger partial charge on any atom is 0.295 e. The van der Waals surface area contributed by atoms with E-state index in [9.17, 15) is 19.1 Å². The van der Waals surface area contributed by atoms with Crippen molar-refractivity contribution in [1.29, 1.82) is 0 Å². The molecule has 0 unspecified atom stereocenters. The van der Waals surface area contributed by atoms with E-state index < -0.39 is 23.5 Å². The van der Waals surface area contributed by atoms with Gasteiger partial charge in [0.15, 0.2) is 0 Å². The van der Waals surface area contributed by atoms with E-state index in [0.29, 0.717) is 18.5 Å². The van der Waals surface area contributed by atoms with Crippen LogP contribution in [-0.2, 0) is 16.0 Å². The van der Waals surface area contributed by atoms with Crippen LogP contribution in [-0.4, -0.2) is 59.9 Å². The average Bonchev–Trinajstić information content (AvgIpc) is 3.22. The molecule has 1 N–H and O–H groups in total. The van der Waals surface area contributed by atoms with Crippen LogP contribution in [0.15, 0.2) is 48.0 Å². The molecule has 2 aromatic rings. The number of hydrogen-bond acceptors (Lipinski definition) is 5. The van der Waals surface area contributed by atoms with Gasteiger partial charge >= 0.3 is 0 Å². The first-order valence-electron chi connectivity index (χ1n) is 10.3. The van der Waals surface area contributed by atoms with Gasteiger partial charge in [0.05, 0.1) is 11.6 Å². The number of likely N-dealkylation sites (N-methyl/N-ethyl adjacent to an activating group) is 1. The van der Waals surface area contributed by atoms with Crippen LogP contribution in [0, 0.1) is 5.82 Å². The first-order valence-corrected chi connectivity index (χ1v) is 10.3. The molecule has 2 aliphatic rings. The Hall–Kier alpha value is -3.19. The summed E-state index contributed by atoms with van der Waals surface area (Å²) >= 11 is 0. The van der Waals surface area contributed by atoms with Gasteiger partial charge in [0.1, 0.15) is 23.4 Å². The quantitative estimate of drug-likeness (QED) is 0.454. The highest BCUT2D eigenvalue weighted by atomic mass is 19.1. The third-order valence-electron chi connectivity index (χ3n) is 5.70. The predicted octanol–water partition coefficient (Wildman–Crippen LogP) is 3.13. The smallest absolute Gasteiger partial charge is 0.295 e. The number of hydrogen-bond donors (Lipinski definition) is 1. The summed E-state index contributed by atoms with van der Waals surface area (Å²) in [6.07, 6.45) is 0.715. The summed E-state index contributed by atoms with van der Waals surface area (Å²) in [5.74, 6) is -1.65. The van der Waals surface area contributed by atoms with E-state index in [1.807, 2.05) is 25.9 Å². The number of halogens is 1. The van der Waals surface area contributed by atoms with Crippen LogP contribution in [0.3, 0.4) is 0 Å². The largest absolute Gasteiger partial charge is 0.507 e. The molecular formula is C24H25FN2O4. The fourth-order valence-electron chi connectivity index (χ4n) is 4.16. The average molecular weight is 424 g/mol. The number of ketones is 1. The van der Waals surface area contributed by atoms with Gasteiger partial charge in [0, 0.05) is 30.6 Å². The third kappa shape index (κ3) is 3.81. The minimum absolute atomic E-state index is 0.0300. The number of fused-ring (bicyclic) bond motifs is 1. The molecule has 2 atom stereocenters. The monoisotopic (exact) mass is 424 g/mol. The van der Waals surface area contributed by atoms with Crippen LogP contribution in [0.1, 0.15) is 29.7 Å². The molecule has 0 saturated carbocycles. The molecule has 1 saturated heterocycles. The minimum atomic E-state index is -0.996. The summed E-state index contributed by atoms with van der Waals surface area (Å²) in [7, 11) is 3.70. The van der Waals surface area contributed by atoms with Gasteiger partial charge in [-0.15, -0.1) is 0 Å². The Morgan fingerprint density at radius 2 is 1.97 bits per heavy atom. The topological polar surface area (TPSA) is 70.1 Å². The molecule has 31 heavy (non-hydrogen) atoms. The van der Waals surface area contributed by atoms with Crippen molar-refractivity contribution in [2.75, 3.05) is 27.2 Å². The highest BCUT2D eigenvalue weighted by Crippen LogP contribution is 2.41. The van der Waals surface area contributed by atoms with E-state index in [1.54, 1.807) is 36.4 Å². The van der Waals surface area contributed by atoms with E-state index in [1.165, 1.54) is 11.0 Å². The molecule has 2 heterocycles. The summed E-state index contributed by atoms with van der Waals surface area (Å²) in [6, 6.07) is 10.2. The standard InChI is InChI=1S/C24H25FN2O4/c1-14-12-16-13-15(8-9-19(16)31-14)22(28)20-21(17-6-4-5-7-18(17)25)27(11-10-26(2)3)24(30)23(20)29/h4-9,13-14,21,28H,10-12H2,1-3H3/t14-,21+/m0/s1. The molecule has 2 aliphatic heterocycles. The number of benzene rings is 2. The summed E-state index contributed by atoms with van der Waals surface area (Å²) in [5.41, 5.74) is 1.41. The van der Waals surface area contributed by atoms with Crippen molar-refractivity contribution in [3.05, 3.63) is 70.5 Å². The molecule has 0 bridgehead atoms. The predicted molar refractivity (Wildman–Crippen MR) is 114 cm³/mol. The number of carbonyl (C=O) groups excluding carboxylic acids is 2. The molecule has 1 amide bonds. The number of likely N-dealkylation sites (tertiary alicyclic amines) is 1. The highest BCUT2D eigenvalue weighted by molar-refractivity contribution is 6.46. The number of amides is 1. The third-order valence-corrected chi connectivity index (χ3v) is 5.70. The lowest BCUT2D eigenvalue weighted by molar-refractivity contribution is -0.140. The number of carbonyl (C=O) groups is 2. The van der Waals surface area contributed by atoms with Crippen LogP contribution in [0.5, 0.6) is 5.75 Å². The van der Waals surface area contributed by atoms with E-state index in [0.717, 1.165) is 11.3 Å². The van der Waals surface area contributed by atoms with Gasteiger partial charge in [-0.2, -0.15) is 0 Å². The molecule has 7 heteroatoms. The van der Waals surface area contributed by atoms with Crippen molar-refractivity contribution in [3.63, 3.8) is 0 Å². The molecular weight excluding hydrogens is 399 g/mol. The molecule has 0 spiro atoms. The minimum Gasteiger partial charge on any atom is -0.507 e. The molecule has 162 valence electrons. The van der Waals surface area contributed by atoms with E-state index in [-0.39, 0.29) is 29.5 Å². The van der Waals surface area contributed by atoms with E-state index in [4.69, 9.17) is 4.74 Å². The zero-order chi connectivity index (χ0) is 22.3. The fourth-order valence-corrected chi connectivity index (χ4v) is 4.16. The first-order chi connectivity index (χ1) is 14.8. The highest BCUT2D eigenvalue weighted by Gasteiger charge is 2.46. The molecule has 6 nitrogen and oxygen atoms in total. The van der Waals surface area contributed by atoms with Gasteiger partial charge in [0.2, 0.25) is 0 Å². The number of aliphatic hydroxyl groups excluding tert-OH is 1. The molecule has 0 aliphatic carbocycles. The number of ether oxygens (including phenoxy) is 1. The Labute approximate surface area is 180 Å². The van der Waals surface area contributed by atoms with Gasteiger partial charge < -0.3 is 19.6 Å². The van der Waals surface area contributed by atoms with Gasteiger partial charge in [-0.05, 0) is 50.8 Å². The Balaban J connectivity index is 1.84. The zero-order valence-electron chi connectivity index (χ0n) is 17.8. The number of aliphatic hydroxyl groups is 1. The number of Topliss-reactive ketones (excluding diaryl/α,β-unsaturated/α-hetero) is 1. The Kier molecular flexibility index (Phi) is 5.54. The second-order valence-corrected chi connectivity index (χ2v) is 8.27. The van der Waals surface area contributed by atoms with Crippen molar-refractivity contribution < 1.29 is 23.8 Å². The van der Waals surface area contributed by atoms with Gasteiger partial charge in [-0.25, -0.2) is 4.39 Å². The van der Waals surface area contributed by atoms with Gasteiger partial charge in [0.25, 0.3) is 11.7 Å². The summed E-state index contributed by atoms with van der Waals surface area (Å²) in [5, 5.41) is 11.1. The number of nitrogens with zero attached hydrogens (tertiary/aromatic N) is 2. The molecule has 2 aromatic carbocycles. The SMILES string of the molecule is C[C@H]1Cc2cc(C(O)=C3C(=O)C(=O)N(CCN(C)C)[C@@H]3c3ccccc3F)ccc2O1. The maximum atomic E-state index is 14.7. The zero-order valence-corrected chi connectivity index (χ0v) is 17.8. The second-order valence-electron chi connectivity index (χ2n) is 8.27. The van der Waals surface area contributed by atoms with Crippen molar-refractivity contribution in [2.45, 2.75) is 25.5 Å². The molecule has 4 rings (SSSR count). The van der Waals surface area contributed by atoms with E-state index >= 15 is 0 Å². The second kappa shape index (κ2) is 8.15. The summed E-state index contributed by atoms with van der Waals surface area (Å²) in [6.45, 7) is 2.67. The van der Waals surface area contributed by atoms with Crippen molar-refractivity contribution in [2.24, 2.45) is 0 Å². The Morgan fingerprint density at radius 3 is 2.68 bits per heavy atom. The normalized spacial score (nSPS) is 22.2. The van der Waals surface area contributed by atoms with Crippen molar-refractivity contribution in [1.82, 2.24) is 9.80 Å². The fraction of sp³-hybridized carbons (Fsp3) is 0.333. The lowest BCUT2D eigenvalue weighted by atomic mass is 9.94. The first kappa shape index (κ1) is 21.1. The van der Waals surface area contributed by atoms with Crippen molar-refractivity contribution >= 4 is 17.4 Å². The van der Waals surface area contributed by atoms with Gasteiger partial charge in [-0.3, -0.25) is 9.59 Å². The summed E-state index contributed by atoms with van der Waals surface area (Å²) < 4.78 is 20.5. The molecule has 1 fully saturated rings. The Morgan fingerprint density at radius 1 is 1.23 bits per heavy atom. The Bertz CT molecular complexity index is 1080. The molecule has 0 radical (unpaired) electrons. The van der Waals surface area contributed by atoms with Crippen LogP contribution in [0.25, 0.3) is 5.76 Å². The van der Waals surface area contributed by atoms with Crippen LogP contribution in [0.2, 0.25) is 0 Å². The maximum absolute atomic E-state index is 14.7. The lowest BCUT2D eigenvalue weighted by Crippen LogP contribution is -2.35. The number of rotatable bonds is 5. The molecule has 0 aromatic heterocycles. The summed E-state index contributed by atoms with van der Waals surface area (Å²) in [4.78, 5) is 29.1.